The molecule has 2 heterocycles. The summed E-state index contributed by atoms with van der Waals surface area (Å²) in [5, 5.41) is 12.1. The number of aromatic nitrogens is 3. The third kappa shape index (κ3) is 4.74. The van der Waals surface area contributed by atoms with Crippen LogP contribution in [0.5, 0.6) is 0 Å². The fourth-order valence-corrected chi connectivity index (χ4v) is 3.17. The number of hydrogen-bond acceptors (Lipinski definition) is 4. The maximum atomic E-state index is 6.22. The molecule has 1 aromatic carbocycles. The highest BCUT2D eigenvalue weighted by molar-refractivity contribution is 6.31. The summed E-state index contributed by atoms with van der Waals surface area (Å²) in [7, 11) is 1.66. The van der Waals surface area contributed by atoms with Gasteiger partial charge in [-0.2, -0.15) is 5.10 Å². The first-order valence-electron chi connectivity index (χ1n) is 8.89. The Bertz CT molecular complexity index is 760. The molecule has 1 aliphatic heterocycles. The van der Waals surface area contributed by atoms with Crippen molar-refractivity contribution in [1.82, 2.24) is 25.4 Å². The quantitative estimate of drug-likeness (QED) is 0.596. The van der Waals surface area contributed by atoms with Gasteiger partial charge >= 0.3 is 0 Å². The number of benzene rings is 1. The predicted octanol–water partition coefficient (Wildman–Crippen LogP) is 2.15. The first kappa shape index (κ1) is 18.7. The molecule has 1 atom stereocenters. The predicted molar refractivity (Wildman–Crippen MR) is 102 cm³/mol. The van der Waals surface area contributed by atoms with Gasteiger partial charge in [0.25, 0.3) is 0 Å². The van der Waals surface area contributed by atoms with Crippen LogP contribution in [0.4, 0.5) is 0 Å². The number of aliphatic imine (C=N–C) groups is 1. The number of methoxy groups -OCH3 is 1. The first-order chi connectivity index (χ1) is 12.7. The number of hydrogen-bond donors (Lipinski definition) is 2. The highest BCUT2D eigenvalue weighted by atomic mass is 35.5. The number of guanidine groups is 1. The molecule has 0 spiro atoms. The van der Waals surface area contributed by atoms with E-state index < -0.39 is 0 Å². The van der Waals surface area contributed by atoms with E-state index in [1.54, 1.807) is 7.11 Å². The Hall–Kier alpha value is -2.12. The molecule has 0 aliphatic carbocycles. The molecule has 26 heavy (non-hydrogen) atoms. The lowest BCUT2D eigenvalue weighted by atomic mass is 10.1. The number of halogens is 1. The molecule has 0 radical (unpaired) electrons. The fraction of sp³-hybridized carbons (Fsp3) is 0.500. The molecule has 1 aliphatic rings. The number of fused-ring (bicyclic) bond motifs is 1. The zero-order valence-electron chi connectivity index (χ0n) is 15.2. The van der Waals surface area contributed by atoms with Crippen molar-refractivity contribution in [3.05, 3.63) is 46.5 Å². The van der Waals surface area contributed by atoms with Gasteiger partial charge in [0.15, 0.2) is 11.8 Å². The summed E-state index contributed by atoms with van der Waals surface area (Å²) in [6, 6.07) is 8.03. The van der Waals surface area contributed by atoms with Crippen molar-refractivity contribution in [2.45, 2.75) is 45.5 Å². The van der Waals surface area contributed by atoms with E-state index in [9.17, 15) is 0 Å². The van der Waals surface area contributed by atoms with Crippen molar-refractivity contribution < 1.29 is 4.74 Å². The number of rotatable bonds is 6. The van der Waals surface area contributed by atoms with E-state index in [-0.39, 0.29) is 6.04 Å². The van der Waals surface area contributed by atoms with E-state index in [0.29, 0.717) is 13.2 Å². The summed E-state index contributed by atoms with van der Waals surface area (Å²) in [5.74, 6) is 2.55. The molecular formula is C18H25ClN6O. The molecule has 0 saturated heterocycles. The van der Waals surface area contributed by atoms with E-state index in [1.807, 2.05) is 28.9 Å². The molecule has 0 amide bonds. The highest BCUT2D eigenvalue weighted by Crippen LogP contribution is 2.16. The third-order valence-electron chi connectivity index (χ3n) is 4.23. The van der Waals surface area contributed by atoms with Crippen LogP contribution >= 0.6 is 11.6 Å². The molecule has 1 unspecified atom stereocenters. The lowest BCUT2D eigenvalue weighted by Gasteiger charge is -2.25. The molecule has 2 aromatic rings. The van der Waals surface area contributed by atoms with Gasteiger partial charge in [0, 0.05) is 31.1 Å². The zero-order chi connectivity index (χ0) is 18.4. The van der Waals surface area contributed by atoms with Crippen LogP contribution in [0.2, 0.25) is 5.02 Å². The molecule has 2 N–H and O–H groups in total. The van der Waals surface area contributed by atoms with Crippen LogP contribution < -0.4 is 10.6 Å². The number of aryl methyl sites for hydroxylation is 1. The van der Waals surface area contributed by atoms with Gasteiger partial charge in [-0.1, -0.05) is 29.8 Å². The summed E-state index contributed by atoms with van der Waals surface area (Å²) < 4.78 is 7.08. The number of nitrogens with zero attached hydrogens (tertiary/aromatic N) is 4. The van der Waals surface area contributed by atoms with E-state index in [2.05, 4.69) is 32.6 Å². The van der Waals surface area contributed by atoms with E-state index >= 15 is 0 Å². The molecule has 0 fully saturated rings. The van der Waals surface area contributed by atoms with Gasteiger partial charge in [-0.3, -0.25) is 0 Å². The monoisotopic (exact) mass is 376 g/mol. The molecule has 7 nitrogen and oxygen atoms in total. The fourth-order valence-electron chi connectivity index (χ4n) is 2.97. The standard InChI is InChI=1S/C18H25ClN6O/c1-3-20-18(21-10-13-6-4-5-7-15(13)19)22-14-8-9-17-23-16(12-26-2)24-25(17)11-14/h4-7,14H,3,8-12H2,1-2H3,(H2,20,21,22). The molecule has 1 aromatic heterocycles. The van der Waals surface area contributed by atoms with Crippen molar-refractivity contribution in [3.63, 3.8) is 0 Å². The van der Waals surface area contributed by atoms with Crippen molar-refractivity contribution in [3.8, 4) is 0 Å². The molecular weight excluding hydrogens is 352 g/mol. The van der Waals surface area contributed by atoms with Crippen LogP contribution in [0, 0.1) is 0 Å². The lowest BCUT2D eigenvalue weighted by molar-refractivity contribution is 0.177. The molecule has 140 valence electrons. The Kier molecular flexibility index (Phi) is 6.46. The van der Waals surface area contributed by atoms with Gasteiger partial charge in [-0.25, -0.2) is 14.7 Å². The number of nitrogens with one attached hydrogen (secondary N) is 2. The van der Waals surface area contributed by atoms with Gasteiger partial charge in [0.2, 0.25) is 0 Å². The molecule has 0 bridgehead atoms. The molecule has 0 saturated carbocycles. The minimum absolute atomic E-state index is 0.253. The first-order valence-corrected chi connectivity index (χ1v) is 9.27. The molecule has 8 heteroatoms. The average molecular weight is 377 g/mol. The second-order valence-electron chi connectivity index (χ2n) is 6.23. The summed E-state index contributed by atoms with van der Waals surface area (Å²) >= 11 is 6.22. The van der Waals surface area contributed by atoms with Crippen molar-refractivity contribution in [2.24, 2.45) is 4.99 Å². The summed E-state index contributed by atoms with van der Waals surface area (Å²) in [4.78, 5) is 9.19. The lowest BCUT2D eigenvalue weighted by Crippen LogP contribution is -2.47. The molecule has 3 rings (SSSR count). The Morgan fingerprint density at radius 1 is 1.42 bits per heavy atom. The van der Waals surface area contributed by atoms with Crippen LogP contribution in [0.25, 0.3) is 0 Å². The largest absolute Gasteiger partial charge is 0.377 e. The van der Waals surface area contributed by atoms with E-state index in [4.69, 9.17) is 16.3 Å². The SMILES string of the molecule is CCNC(=NCc1ccccc1Cl)NC1CCc2nc(COC)nn2C1. The van der Waals surface area contributed by atoms with Crippen LogP contribution in [0.1, 0.15) is 30.6 Å². The van der Waals surface area contributed by atoms with Crippen LogP contribution in [0.15, 0.2) is 29.3 Å². The number of ether oxygens (including phenoxy) is 1. The van der Waals surface area contributed by atoms with Crippen molar-refractivity contribution >= 4 is 17.6 Å². The summed E-state index contributed by atoms with van der Waals surface area (Å²) in [6.07, 6.45) is 1.87. The third-order valence-corrected chi connectivity index (χ3v) is 4.59. The Labute approximate surface area is 158 Å². The van der Waals surface area contributed by atoms with Gasteiger partial charge in [0.1, 0.15) is 12.4 Å². The minimum atomic E-state index is 0.253. The van der Waals surface area contributed by atoms with Gasteiger partial charge in [-0.05, 0) is 25.0 Å². The minimum Gasteiger partial charge on any atom is -0.377 e. The van der Waals surface area contributed by atoms with E-state index in [0.717, 1.165) is 54.1 Å². The average Bonchev–Trinajstić information content (AvgIpc) is 3.03. The van der Waals surface area contributed by atoms with Gasteiger partial charge < -0.3 is 15.4 Å². The second-order valence-corrected chi connectivity index (χ2v) is 6.63. The normalized spacial score (nSPS) is 17.0. The van der Waals surface area contributed by atoms with Gasteiger partial charge in [0.05, 0.1) is 13.1 Å². The summed E-state index contributed by atoms with van der Waals surface area (Å²) in [5.41, 5.74) is 1.01. The zero-order valence-corrected chi connectivity index (χ0v) is 16.0. The maximum Gasteiger partial charge on any atom is 0.191 e. The Balaban J connectivity index is 1.64. The Morgan fingerprint density at radius 3 is 3.04 bits per heavy atom. The second kappa shape index (κ2) is 9.00. The smallest absolute Gasteiger partial charge is 0.191 e. The topological polar surface area (TPSA) is 76.4 Å². The van der Waals surface area contributed by atoms with E-state index in [1.165, 1.54) is 0 Å². The van der Waals surface area contributed by atoms with Crippen LogP contribution in [-0.2, 0) is 30.9 Å². The highest BCUT2D eigenvalue weighted by Gasteiger charge is 2.22. The van der Waals surface area contributed by atoms with Crippen molar-refractivity contribution in [1.29, 1.82) is 0 Å². The summed E-state index contributed by atoms with van der Waals surface area (Å²) in [6.45, 7) is 4.60. The van der Waals surface area contributed by atoms with Crippen LogP contribution in [0.3, 0.4) is 0 Å². The Morgan fingerprint density at radius 2 is 2.27 bits per heavy atom. The van der Waals surface area contributed by atoms with Crippen molar-refractivity contribution in [2.75, 3.05) is 13.7 Å². The van der Waals surface area contributed by atoms with Crippen LogP contribution in [-0.4, -0.2) is 40.4 Å². The van der Waals surface area contributed by atoms with Gasteiger partial charge in [-0.15, -0.1) is 0 Å². The maximum absolute atomic E-state index is 6.22.